The van der Waals surface area contributed by atoms with Gasteiger partial charge in [0.05, 0.1) is 12.4 Å². The first kappa shape index (κ1) is 14.3. The molecule has 0 saturated carbocycles. The van der Waals surface area contributed by atoms with Crippen LogP contribution in [0.5, 0.6) is 11.6 Å². The van der Waals surface area contributed by atoms with E-state index in [4.69, 9.17) is 9.84 Å². The first-order chi connectivity index (χ1) is 9.54. The summed E-state index contributed by atoms with van der Waals surface area (Å²) in [5.74, 6) is 0.522. The summed E-state index contributed by atoms with van der Waals surface area (Å²) < 4.78 is 6.44. The minimum Gasteiger partial charge on any atom is -0.480 e. The Kier molecular flexibility index (Phi) is 4.52. The van der Waals surface area contributed by atoms with Gasteiger partial charge in [-0.1, -0.05) is 22.0 Å². The summed E-state index contributed by atoms with van der Waals surface area (Å²) in [4.78, 5) is 20.3. The van der Waals surface area contributed by atoms with E-state index in [1.807, 2.05) is 18.2 Å². The maximum atomic E-state index is 10.6. The number of carboxylic acids is 1. The molecule has 1 aromatic carbocycles. The zero-order valence-corrected chi connectivity index (χ0v) is 12.2. The summed E-state index contributed by atoms with van der Waals surface area (Å²) in [5, 5.41) is 8.70. The van der Waals surface area contributed by atoms with Crippen LogP contribution in [0.1, 0.15) is 0 Å². The maximum absolute atomic E-state index is 10.6. The first-order valence-corrected chi connectivity index (χ1v) is 6.52. The predicted molar refractivity (Wildman–Crippen MR) is 77.2 cm³/mol. The highest BCUT2D eigenvalue weighted by atomic mass is 79.9. The van der Waals surface area contributed by atoms with Crippen LogP contribution in [-0.4, -0.2) is 34.6 Å². The van der Waals surface area contributed by atoms with Crippen molar-refractivity contribution < 1.29 is 14.6 Å². The van der Waals surface area contributed by atoms with Gasteiger partial charge in [0, 0.05) is 11.5 Å². The van der Waals surface area contributed by atoms with E-state index in [9.17, 15) is 4.79 Å². The molecule has 0 aliphatic rings. The molecule has 0 fully saturated rings. The summed E-state index contributed by atoms with van der Waals surface area (Å²) >= 11 is 3.35. The van der Waals surface area contributed by atoms with E-state index in [1.54, 1.807) is 13.1 Å². The van der Waals surface area contributed by atoms with Crippen molar-refractivity contribution in [1.82, 2.24) is 9.97 Å². The molecule has 0 spiro atoms. The lowest BCUT2D eigenvalue weighted by Gasteiger charge is -2.14. The van der Waals surface area contributed by atoms with Crippen LogP contribution in [0, 0.1) is 0 Å². The van der Waals surface area contributed by atoms with Crippen molar-refractivity contribution in [2.75, 3.05) is 18.5 Å². The van der Waals surface area contributed by atoms with Gasteiger partial charge in [-0.2, -0.15) is 0 Å². The smallest absolute Gasteiger partial charge is 0.323 e. The van der Waals surface area contributed by atoms with Crippen molar-refractivity contribution in [1.29, 1.82) is 0 Å². The number of hydrogen-bond donors (Lipinski definition) is 1. The fraction of sp³-hybridized carbons (Fsp3) is 0.154. The van der Waals surface area contributed by atoms with Gasteiger partial charge in [-0.05, 0) is 18.2 Å². The van der Waals surface area contributed by atoms with Gasteiger partial charge in [-0.25, -0.2) is 9.97 Å². The molecule has 0 amide bonds. The molecular formula is C13H12BrN3O3. The summed E-state index contributed by atoms with van der Waals surface area (Å²) in [6, 6.07) is 7.35. The van der Waals surface area contributed by atoms with E-state index in [2.05, 4.69) is 25.9 Å². The molecule has 0 aliphatic heterocycles. The van der Waals surface area contributed by atoms with Crippen molar-refractivity contribution in [3.05, 3.63) is 41.1 Å². The van der Waals surface area contributed by atoms with Crippen molar-refractivity contribution in [2.24, 2.45) is 0 Å². The molecule has 6 nitrogen and oxygen atoms in total. The molecule has 104 valence electrons. The number of aromatic nitrogens is 2. The van der Waals surface area contributed by atoms with Crippen LogP contribution in [-0.2, 0) is 4.79 Å². The van der Waals surface area contributed by atoms with Crippen molar-refractivity contribution >= 4 is 27.7 Å². The average molecular weight is 338 g/mol. The topological polar surface area (TPSA) is 75.6 Å². The van der Waals surface area contributed by atoms with Gasteiger partial charge in [0.25, 0.3) is 0 Å². The molecule has 2 rings (SSSR count). The van der Waals surface area contributed by atoms with Crippen LogP contribution in [0.25, 0.3) is 0 Å². The van der Waals surface area contributed by atoms with E-state index in [-0.39, 0.29) is 6.54 Å². The number of benzene rings is 1. The predicted octanol–water partition coefficient (Wildman–Crippen LogP) is 2.55. The summed E-state index contributed by atoms with van der Waals surface area (Å²) in [7, 11) is 1.63. The third-order valence-electron chi connectivity index (χ3n) is 2.40. The quantitative estimate of drug-likeness (QED) is 0.903. The van der Waals surface area contributed by atoms with Gasteiger partial charge in [-0.3, -0.25) is 4.79 Å². The Labute approximate surface area is 124 Å². The highest BCUT2D eigenvalue weighted by molar-refractivity contribution is 9.10. The Morgan fingerprint density at radius 2 is 2.20 bits per heavy atom. The molecule has 1 heterocycles. The lowest BCUT2D eigenvalue weighted by Crippen LogP contribution is -2.25. The van der Waals surface area contributed by atoms with Gasteiger partial charge >= 0.3 is 5.97 Å². The Morgan fingerprint density at radius 1 is 1.40 bits per heavy atom. The van der Waals surface area contributed by atoms with Crippen LogP contribution in [0.15, 0.2) is 41.1 Å². The second kappa shape index (κ2) is 6.33. The zero-order valence-electron chi connectivity index (χ0n) is 10.7. The van der Waals surface area contributed by atoms with Crippen molar-refractivity contribution in [3.63, 3.8) is 0 Å². The Balaban J connectivity index is 2.06. The van der Waals surface area contributed by atoms with Gasteiger partial charge < -0.3 is 14.7 Å². The minimum atomic E-state index is -0.927. The molecule has 2 aromatic rings. The van der Waals surface area contributed by atoms with Crippen molar-refractivity contribution in [3.8, 4) is 11.6 Å². The number of carboxylic acid groups (broad SMARTS) is 1. The van der Waals surface area contributed by atoms with Crippen LogP contribution >= 0.6 is 15.9 Å². The van der Waals surface area contributed by atoms with Gasteiger partial charge in [0.2, 0.25) is 5.88 Å². The highest BCUT2D eigenvalue weighted by Gasteiger charge is 2.08. The first-order valence-electron chi connectivity index (χ1n) is 5.73. The van der Waals surface area contributed by atoms with E-state index >= 15 is 0 Å². The average Bonchev–Trinajstić information content (AvgIpc) is 2.38. The number of anilines is 1. The summed E-state index contributed by atoms with van der Waals surface area (Å²) in [6.45, 7) is -0.138. The fourth-order valence-electron chi connectivity index (χ4n) is 1.49. The lowest BCUT2D eigenvalue weighted by atomic mass is 10.3. The number of ether oxygens (including phenoxy) is 1. The second-order valence-corrected chi connectivity index (χ2v) is 4.94. The number of rotatable bonds is 5. The Hall–Kier alpha value is -2.15. The molecular weight excluding hydrogens is 326 g/mol. The monoisotopic (exact) mass is 337 g/mol. The SMILES string of the molecule is CN(CC(=O)O)c1cnc(Oc2cccc(Br)c2)cn1. The van der Waals surface area contributed by atoms with E-state index in [0.29, 0.717) is 17.4 Å². The van der Waals surface area contributed by atoms with E-state index in [1.165, 1.54) is 17.3 Å². The minimum absolute atomic E-state index is 0.138. The number of likely N-dealkylation sites (N-methyl/N-ethyl adjacent to an activating group) is 1. The number of halogens is 1. The molecule has 0 bridgehead atoms. The second-order valence-electron chi connectivity index (χ2n) is 4.02. The fourth-order valence-corrected chi connectivity index (χ4v) is 1.87. The Bertz CT molecular complexity index is 604. The molecule has 0 radical (unpaired) electrons. The number of nitrogens with zero attached hydrogens (tertiary/aromatic N) is 3. The molecule has 0 aliphatic carbocycles. The number of carbonyl (C=O) groups is 1. The van der Waals surface area contributed by atoms with Gasteiger partial charge in [-0.15, -0.1) is 0 Å². The molecule has 20 heavy (non-hydrogen) atoms. The molecule has 1 aromatic heterocycles. The molecule has 0 saturated heterocycles. The molecule has 7 heteroatoms. The van der Waals surface area contributed by atoms with Gasteiger partial charge in [0.15, 0.2) is 0 Å². The molecule has 1 N–H and O–H groups in total. The van der Waals surface area contributed by atoms with Crippen LogP contribution < -0.4 is 9.64 Å². The zero-order chi connectivity index (χ0) is 14.5. The van der Waals surface area contributed by atoms with Crippen LogP contribution in [0.2, 0.25) is 0 Å². The van der Waals surface area contributed by atoms with Crippen molar-refractivity contribution in [2.45, 2.75) is 0 Å². The van der Waals surface area contributed by atoms with Gasteiger partial charge in [0.1, 0.15) is 18.1 Å². The number of hydrogen-bond acceptors (Lipinski definition) is 5. The van der Waals surface area contributed by atoms with Crippen LogP contribution in [0.3, 0.4) is 0 Å². The largest absolute Gasteiger partial charge is 0.480 e. The highest BCUT2D eigenvalue weighted by Crippen LogP contribution is 2.23. The number of aliphatic carboxylic acids is 1. The molecule has 0 atom stereocenters. The summed E-state index contributed by atoms with van der Waals surface area (Å²) in [5.41, 5.74) is 0. The Morgan fingerprint density at radius 3 is 2.80 bits per heavy atom. The standard InChI is InChI=1S/C13H12BrN3O3/c1-17(8-13(18)19)11-6-16-12(7-15-11)20-10-4-2-3-9(14)5-10/h2-7H,8H2,1H3,(H,18,19). The molecule has 0 unspecified atom stereocenters. The normalized spacial score (nSPS) is 10.1. The lowest BCUT2D eigenvalue weighted by molar-refractivity contribution is -0.135. The maximum Gasteiger partial charge on any atom is 0.323 e. The third kappa shape index (κ3) is 3.92. The summed E-state index contributed by atoms with van der Waals surface area (Å²) in [6.07, 6.45) is 2.92. The van der Waals surface area contributed by atoms with Crippen LogP contribution in [0.4, 0.5) is 5.82 Å². The van der Waals surface area contributed by atoms with E-state index in [0.717, 1.165) is 4.47 Å². The van der Waals surface area contributed by atoms with E-state index < -0.39 is 5.97 Å². The third-order valence-corrected chi connectivity index (χ3v) is 2.89.